The number of rotatable bonds is 20. The fourth-order valence-corrected chi connectivity index (χ4v) is 4.69. The molecule has 3 nitrogen and oxygen atoms in total. The summed E-state index contributed by atoms with van der Waals surface area (Å²) in [5.41, 5.74) is 0.796. The Hall–Kier alpha value is -0.680. The zero-order chi connectivity index (χ0) is 21.9. The van der Waals surface area contributed by atoms with Crippen LogP contribution in [-0.2, 0) is 0 Å². The highest BCUT2D eigenvalue weighted by Crippen LogP contribution is 2.35. The summed E-state index contributed by atoms with van der Waals surface area (Å²) in [6.07, 6.45) is 15.8. The molecular weight excluding hydrogens is 412 g/mol. The standard InChI is InChI=1S/C25H44O3S2/c1-4-6-8-10-12-14-16-29-20-27-23-18-22(3)25(26)24(19-23)28-21-30-17-15-13-11-9-7-5-2/h18-19,26H,4-17,20-21H2,1-3H3. The van der Waals surface area contributed by atoms with Crippen LogP contribution in [0.1, 0.15) is 96.5 Å². The molecule has 0 aliphatic rings. The molecule has 1 aromatic carbocycles. The van der Waals surface area contributed by atoms with E-state index < -0.39 is 0 Å². The van der Waals surface area contributed by atoms with E-state index in [-0.39, 0.29) is 5.75 Å². The fourth-order valence-electron chi connectivity index (χ4n) is 3.21. The topological polar surface area (TPSA) is 38.7 Å². The van der Waals surface area contributed by atoms with Gasteiger partial charge in [0.05, 0.1) is 0 Å². The number of hydrogen-bond donors (Lipinski definition) is 1. The first-order chi connectivity index (χ1) is 14.7. The molecule has 0 saturated heterocycles. The molecule has 1 aromatic rings. The summed E-state index contributed by atoms with van der Waals surface area (Å²) < 4.78 is 11.7. The van der Waals surface area contributed by atoms with Gasteiger partial charge in [0.2, 0.25) is 0 Å². The predicted octanol–water partition coefficient (Wildman–Crippen LogP) is 8.56. The summed E-state index contributed by atoms with van der Waals surface area (Å²) in [5, 5.41) is 10.3. The van der Waals surface area contributed by atoms with Crippen molar-refractivity contribution < 1.29 is 14.6 Å². The number of phenolic OH excluding ortho intramolecular Hbond substituents is 1. The highest BCUT2D eigenvalue weighted by molar-refractivity contribution is 7.99. The van der Waals surface area contributed by atoms with Crippen molar-refractivity contribution in [1.29, 1.82) is 0 Å². The summed E-state index contributed by atoms with van der Waals surface area (Å²) in [6.45, 7) is 6.39. The molecule has 0 unspecified atom stereocenters. The summed E-state index contributed by atoms with van der Waals surface area (Å²) in [6, 6.07) is 3.70. The van der Waals surface area contributed by atoms with Crippen molar-refractivity contribution in [1.82, 2.24) is 0 Å². The first-order valence-electron chi connectivity index (χ1n) is 11.9. The molecule has 174 valence electrons. The SMILES string of the molecule is CCCCCCCCSCOc1cc(C)c(O)c(OCSCCCCCCCC)c1. The van der Waals surface area contributed by atoms with Gasteiger partial charge in [0, 0.05) is 6.07 Å². The number of phenols is 1. The summed E-state index contributed by atoms with van der Waals surface area (Å²) in [7, 11) is 0. The summed E-state index contributed by atoms with van der Waals surface area (Å²) in [5.74, 6) is 4.99. The van der Waals surface area contributed by atoms with Crippen LogP contribution in [0.3, 0.4) is 0 Å². The molecule has 0 atom stereocenters. The highest BCUT2D eigenvalue weighted by atomic mass is 32.2. The van der Waals surface area contributed by atoms with Gasteiger partial charge in [-0.25, -0.2) is 0 Å². The van der Waals surface area contributed by atoms with Crippen LogP contribution in [0.2, 0.25) is 0 Å². The molecule has 0 aromatic heterocycles. The maximum absolute atomic E-state index is 10.3. The van der Waals surface area contributed by atoms with Gasteiger partial charge >= 0.3 is 0 Å². The van der Waals surface area contributed by atoms with Crippen LogP contribution in [0.5, 0.6) is 17.2 Å². The largest absolute Gasteiger partial charge is 0.504 e. The average Bonchev–Trinajstić information content (AvgIpc) is 2.74. The first kappa shape index (κ1) is 27.4. The Kier molecular flexibility index (Phi) is 17.4. The second kappa shape index (κ2) is 19.0. The second-order valence-electron chi connectivity index (χ2n) is 7.96. The molecule has 0 aliphatic heterocycles. The van der Waals surface area contributed by atoms with Crippen LogP contribution in [0, 0.1) is 6.92 Å². The number of unbranched alkanes of at least 4 members (excludes halogenated alkanes) is 10. The third-order valence-electron chi connectivity index (χ3n) is 5.13. The molecule has 0 bridgehead atoms. The lowest BCUT2D eigenvalue weighted by Crippen LogP contribution is -1.99. The van der Waals surface area contributed by atoms with E-state index in [2.05, 4.69) is 13.8 Å². The number of ether oxygens (including phenoxy) is 2. The van der Waals surface area contributed by atoms with Crippen molar-refractivity contribution in [3.05, 3.63) is 17.7 Å². The van der Waals surface area contributed by atoms with E-state index in [9.17, 15) is 5.11 Å². The van der Waals surface area contributed by atoms with Gasteiger partial charge in [-0.3, -0.25) is 0 Å². The van der Waals surface area contributed by atoms with Gasteiger partial charge in [0.1, 0.15) is 17.6 Å². The first-order valence-corrected chi connectivity index (χ1v) is 14.2. The normalized spacial score (nSPS) is 11.0. The molecule has 0 aliphatic carbocycles. The third-order valence-corrected chi connectivity index (χ3v) is 6.85. The third kappa shape index (κ3) is 13.6. The van der Waals surface area contributed by atoms with Crippen molar-refractivity contribution in [2.24, 2.45) is 0 Å². The van der Waals surface area contributed by atoms with Crippen LogP contribution >= 0.6 is 23.5 Å². The van der Waals surface area contributed by atoms with Gasteiger partial charge in [0.25, 0.3) is 0 Å². The molecule has 0 saturated carbocycles. The minimum atomic E-state index is 0.224. The Morgan fingerprint density at radius 1 is 0.700 bits per heavy atom. The Morgan fingerprint density at radius 3 is 1.77 bits per heavy atom. The Labute approximate surface area is 194 Å². The lowest BCUT2D eigenvalue weighted by Gasteiger charge is -2.13. The second-order valence-corrected chi connectivity index (χ2v) is 10.1. The quantitative estimate of drug-likeness (QED) is 0.157. The molecular formula is C25H44O3S2. The van der Waals surface area contributed by atoms with Gasteiger partial charge in [-0.1, -0.05) is 78.1 Å². The minimum absolute atomic E-state index is 0.224. The lowest BCUT2D eigenvalue weighted by atomic mass is 10.1. The highest BCUT2D eigenvalue weighted by Gasteiger charge is 2.09. The van der Waals surface area contributed by atoms with Crippen molar-refractivity contribution in [3.63, 3.8) is 0 Å². The van der Waals surface area contributed by atoms with E-state index >= 15 is 0 Å². The molecule has 0 heterocycles. The van der Waals surface area contributed by atoms with Gasteiger partial charge in [-0.2, -0.15) is 0 Å². The number of aryl methyl sites for hydroxylation is 1. The lowest BCUT2D eigenvalue weighted by molar-refractivity contribution is 0.347. The molecule has 1 N–H and O–H groups in total. The van der Waals surface area contributed by atoms with E-state index in [1.165, 1.54) is 77.0 Å². The number of thioether (sulfide) groups is 2. The summed E-state index contributed by atoms with van der Waals surface area (Å²) in [4.78, 5) is 0. The van der Waals surface area contributed by atoms with Crippen LogP contribution < -0.4 is 9.47 Å². The molecule has 0 radical (unpaired) electrons. The Morgan fingerprint density at radius 2 is 1.20 bits per heavy atom. The smallest absolute Gasteiger partial charge is 0.166 e. The monoisotopic (exact) mass is 456 g/mol. The van der Waals surface area contributed by atoms with Crippen LogP contribution in [0.15, 0.2) is 12.1 Å². The molecule has 0 fully saturated rings. The molecule has 0 amide bonds. The van der Waals surface area contributed by atoms with E-state index in [4.69, 9.17) is 9.47 Å². The fraction of sp³-hybridized carbons (Fsp3) is 0.760. The van der Waals surface area contributed by atoms with Gasteiger partial charge in [0.15, 0.2) is 11.5 Å². The van der Waals surface area contributed by atoms with Crippen LogP contribution in [-0.4, -0.2) is 28.5 Å². The molecule has 30 heavy (non-hydrogen) atoms. The van der Waals surface area contributed by atoms with Gasteiger partial charge < -0.3 is 14.6 Å². The van der Waals surface area contributed by atoms with Crippen LogP contribution in [0.4, 0.5) is 0 Å². The van der Waals surface area contributed by atoms with Crippen molar-refractivity contribution in [2.45, 2.75) is 97.8 Å². The van der Waals surface area contributed by atoms with E-state index in [1.54, 1.807) is 11.8 Å². The summed E-state index contributed by atoms with van der Waals surface area (Å²) >= 11 is 3.62. The van der Waals surface area contributed by atoms with E-state index in [0.717, 1.165) is 22.8 Å². The van der Waals surface area contributed by atoms with Gasteiger partial charge in [-0.15, -0.1) is 23.5 Å². The maximum atomic E-state index is 10.3. The zero-order valence-electron chi connectivity index (χ0n) is 19.5. The Bertz CT molecular complexity index is 537. The number of aromatic hydroxyl groups is 1. The average molecular weight is 457 g/mol. The van der Waals surface area contributed by atoms with E-state index in [0.29, 0.717) is 17.6 Å². The predicted molar refractivity (Wildman–Crippen MR) is 136 cm³/mol. The van der Waals surface area contributed by atoms with Crippen molar-refractivity contribution >= 4 is 23.5 Å². The zero-order valence-corrected chi connectivity index (χ0v) is 21.2. The van der Waals surface area contributed by atoms with Gasteiger partial charge in [-0.05, 0) is 42.9 Å². The van der Waals surface area contributed by atoms with Crippen molar-refractivity contribution in [2.75, 3.05) is 23.4 Å². The molecule has 0 spiro atoms. The van der Waals surface area contributed by atoms with Crippen LogP contribution in [0.25, 0.3) is 0 Å². The number of hydrogen-bond acceptors (Lipinski definition) is 5. The maximum Gasteiger partial charge on any atom is 0.166 e. The minimum Gasteiger partial charge on any atom is -0.504 e. The Balaban J connectivity index is 2.19. The van der Waals surface area contributed by atoms with Crippen molar-refractivity contribution in [3.8, 4) is 17.2 Å². The molecule has 1 rings (SSSR count). The van der Waals surface area contributed by atoms with E-state index in [1.807, 2.05) is 30.8 Å². The molecule has 5 heteroatoms. The number of benzene rings is 1.